The van der Waals surface area contributed by atoms with Crippen molar-refractivity contribution in [1.29, 1.82) is 0 Å². The first-order valence-electron chi connectivity index (χ1n) is 8.43. The average molecular weight is 349 g/mol. The number of aromatic nitrogens is 1. The summed E-state index contributed by atoms with van der Waals surface area (Å²) < 4.78 is 0. The van der Waals surface area contributed by atoms with Crippen molar-refractivity contribution in [2.24, 2.45) is 0 Å². The number of benzene rings is 1. The summed E-state index contributed by atoms with van der Waals surface area (Å²) in [5.41, 5.74) is 4.49. The van der Waals surface area contributed by atoms with Crippen LogP contribution in [0.15, 0.2) is 54.0 Å². The summed E-state index contributed by atoms with van der Waals surface area (Å²) in [6, 6.07) is 14.1. The van der Waals surface area contributed by atoms with E-state index in [1.807, 2.05) is 23.6 Å². The Morgan fingerprint density at radius 2 is 2.04 bits per heavy atom. The number of amides is 1. The predicted molar refractivity (Wildman–Crippen MR) is 101 cm³/mol. The fourth-order valence-electron chi connectivity index (χ4n) is 3.08. The van der Waals surface area contributed by atoms with Crippen LogP contribution in [0.2, 0.25) is 0 Å². The monoisotopic (exact) mass is 349 g/mol. The van der Waals surface area contributed by atoms with Crippen molar-refractivity contribution in [2.75, 3.05) is 5.32 Å². The Balaban J connectivity index is 1.39. The summed E-state index contributed by atoms with van der Waals surface area (Å²) in [4.78, 5) is 17.7. The molecular weight excluding hydrogens is 330 g/mol. The van der Waals surface area contributed by atoms with E-state index in [4.69, 9.17) is 0 Å². The van der Waals surface area contributed by atoms with Gasteiger partial charge in [-0.1, -0.05) is 12.1 Å². The van der Waals surface area contributed by atoms with Crippen LogP contribution < -0.4 is 10.6 Å². The number of carbonyl (C=O) groups is 1. The standard InChI is InChI=1S/C20H19N3OS/c24-20(22-13-18-5-2-10-25-18)16-7-9-19(21-12-16)23-17-8-6-14-3-1-4-15(14)11-17/h2,5-12H,1,3-4,13H2,(H,21,23)(H,22,24). The molecule has 0 saturated carbocycles. The van der Waals surface area contributed by atoms with E-state index in [0.717, 1.165) is 22.8 Å². The normalized spacial score (nSPS) is 12.6. The van der Waals surface area contributed by atoms with E-state index in [2.05, 4.69) is 33.8 Å². The molecule has 2 N–H and O–H groups in total. The van der Waals surface area contributed by atoms with Crippen LogP contribution >= 0.6 is 11.3 Å². The third kappa shape index (κ3) is 3.72. The molecule has 0 unspecified atom stereocenters. The SMILES string of the molecule is O=C(NCc1cccs1)c1ccc(Nc2ccc3c(c2)CCC3)nc1. The summed E-state index contributed by atoms with van der Waals surface area (Å²) >= 11 is 1.63. The van der Waals surface area contributed by atoms with E-state index in [9.17, 15) is 4.79 Å². The number of pyridine rings is 1. The largest absolute Gasteiger partial charge is 0.347 e. The van der Waals surface area contributed by atoms with Crippen molar-refractivity contribution in [2.45, 2.75) is 25.8 Å². The minimum atomic E-state index is -0.106. The Bertz CT molecular complexity index is 872. The number of anilines is 2. The molecule has 1 aliphatic carbocycles. The molecule has 4 nitrogen and oxygen atoms in total. The lowest BCUT2D eigenvalue weighted by atomic mass is 10.1. The van der Waals surface area contributed by atoms with Gasteiger partial charge in [0.1, 0.15) is 5.82 Å². The smallest absolute Gasteiger partial charge is 0.253 e. The van der Waals surface area contributed by atoms with E-state index in [-0.39, 0.29) is 5.91 Å². The molecular formula is C20H19N3OS. The number of hydrogen-bond donors (Lipinski definition) is 2. The van der Waals surface area contributed by atoms with Crippen LogP contribution in [0.1, 0.15) is 32.8 Å². The predicted octanol–water partition coefficient (Wildman–Crippen LogP) is 4.31. The fraction of sp³-hybridized carbons (Fsp3) is 0.200. The summed E-state index contributed by atoms with van der Waals surface area (Å²) in [5, 5.41) is 8.23. The molecule has 126 valence electrons. The molecule has 0 radical (unpaired) electrons. The lowest BCUT2D eigenvalue weighted by molar-refractivity contribution is 0.0951. The van der Waals surface area contributed by atoms with E-state index in [1.54, 1.807) is 23.6 Å². The van der Waals surface area contributed by atoms with Crippen LogP contribution in [-0.4, -0.2) is 10.9 Å². The van der Waals surface area contributed by atoms with Gasteiger partial charge in [-0.05, 0) is 66.1 Å². The molecule has 1 aliphatic rings. The van der Waals surface area contributed by atoms with Crippen LogP contribution in [0.5, 0.6) is 0 Å². The van der Waals surface area contributed by atoms with Gasteiger partial charge < -0.3 is 10.6 Å². The molecule has 5 heteroatoms. The third-order valence-corrected chi connectivity index (χ3v) is 5.28. The highest BCUT2D eigenvalue weighted by molar-refractivity contribution is 7.09. The first-order valence-corrected chi connectivity index (χ1v) is 9.31. The number of aryl methyl sites for hydroxylation is 2. The highest BCUT2D eigenvalue weighted by Crippen LogP contribution is 2.26. The first-order chi connectivity index (χ1) is 12.3. The number of thiophene rings is 1. The number of nitrogens with zero attached hydrogens (tertiary/aromatic N) is 1. The second kappa shape index (κ2) is 7.07. The highest BCUT2D eigenvalue weighted by Gasteiger charge is 2.11. The van der Waals surface area contributed by atoms with Crippen molar-refractivity contribution in [3.8, 4) is 0 Å². The molecule has 25 heavy (non-hydrogen) atoms. The number of rotatable bonds is 5. The van der Waals surface area contributed by atoms with Crippen LogP contribution in [0.3, 0.4) is 0 Å². The van der Waals surface area contributed by atoms with Crippen molar-refractivity contribution in [3.63, 3.8) is 0 Å². The number of carbonyl (C=O) groups excluding carboxylic acids is 1. The summed E-state index contributed by atoms with van der Waals surface area (Å²) in [5.74, 6) is 0.637. The fourth-order valence-corrected chi connectivity index (χ4v) is 3.73. The van der Waals surface area contributed by atoms with Gasteiger partial charge in [-0.25, -0.2) is 4.98 Å². The maximum absolute atomic E-state index is 12.2. The second-order valence-electron chi connectivity index (χ2n) is 6.16. The van der Waals surface area contributed by atoms with Crippen molar-refractivity contribution in [1.82, 2.24) is 10.3 Å². The quantitative estimate of drug-likeness (QED) is 0.722. The molecule has 1 aromatic carbocycles. The van der Waals surface area contributed by atoms with Crippen LogP contribution in [0, 0.1) is 0 Å². The lowest BCUT2D eigenvalue weighted by Gasteiger charge is -2.09. The lowest BCUT2D eigenvalue weighted by Crippen LogP contribution is -2.22. The van der Waals surface area contributed by atoms with Gasteiger partial charge in [0.2, 0.25) is 0 Å². The Hall–Kier alpha value is -2.66. The zero-order valence-electron chi connectivity index (χ0n) is 13.8. The van der Waals surface area contributed by atoms with E-state index in [0.29, 0.717) is 12.1 Å². The van der Waals surface area contributed by atoms with Crippen LogP contribution in [0.25, 0.3) is 0 Å². The van der Waals surface area contributed by atoms with E-state index < -0.39 is 0 Å². The maximum Gasteiger partial charge on any atom is 0.253 e. The first kappa shape index (κ1) is 15.8. The summed E-state index contributed by atoms with van der Waals surface area (Å²) in [7, 11) is 0. The molecule has 0 atom stereocenters. The zero-order valence-corrected chi connectivity index (χ0v) is 14.6. The minimum absolute atomic E-state index is 0.106. The number of fused-ring (bicyclic) bond motifs is 1. The molecule has 0 bridgehead atoms. The number of nitrogens with one attached hydrogen (secondary N) is 2. The molecule has 0 fully saturated rings. The van der Waals surface area contributed by atoms with Gasteiger partial charge in [-0.3, -0.25) is 4.79 Å². The Morgan fingerprint density at radius 3 is 2.84 bits per heavy atom. The molecule has 0 spiro atoms. The number of hydrogen-bond acceptors (Lipinski definition) is 4. The minimum Gasteiger partial charge on any atom is -0.347 e. The van der Waals surface area contributed by atoms with Crippen molar-refractivity contribution >= 4 is 28.7 Å². The van der Waals surface area contributed by atoms with Crippen LogP contribution in [0.4, 0.5) is 11.5 Å². The van der Waals surface area contributed by atoms with Gasteiger partial charge in [-0.2, -0.15) is 0 Å². The van der Waals surface area contributed by atoms with Gasteiger partial charge in [0.05, 0.1) is 12.1 Å². The van der Waals surface area contributed by atoms with Crippen molar-refractivity contribution in [3.05, 3.63) is 75.6 Å². The molecule has 2 heterocycles. The Labute approximate surface area is 150 Å². The van der Waals surface area contributed by atoms with Gasteiger partial charge in [0.15, 0.2) is 0 Å². The van der Waals surface area contributed by atoms with Gasteiger partial charge in [0.25, 0.3) is 5.91 Å². The Kier molecular flexibility index (Phi) is 4.48. The molecule has 0 aliphatic heterocycles. The average Bonchev–Trinajstić information content (AvgIpc) is 3.31. The van der Waals surface area contributed by atoms with Crippen LogP contribution in [-0.2, 0) is 19.4 Å². The molecule has 0 saturated heterocycles. The van der Waals surface area contributed by atoms with E-state index >= 15 is 0 Å². The summed E-state index contributed by atoms with van der Waals surface area (Å²) in [6.07, 6.45) is 5.19. The molecule has 2 aromatic heterocycles. The van der Waals surface area contributed by atoms with Crippen molar-refractivity contribution < 1.29 is 4.79 Å². The van der Waals surface area contributed by atoms with Gasteiger partial charge in [-0.15, -0.1) is 11.3 Å². The summed E-state index contributed by atoms with van der Waals surface area (Å²) in [6.45, 7) is 0.547. The van der Waals surface area contributed by atoms with Gasteiger partial charge in [0, 0.05) is 16.8 Å². The Morgan fingerprint density at radius 1 is 1.12 bits per heavy atom. The second-order valence-corrected chi connectivity index (χ2v) is 7.19. The topological polar surface area (TPSA) is 54.0 Å². The zero-order chi connectivity index (χ0) is 17.1. The third-order valence-electron chi connectivity index (χ3n) is 4.40. The highest BCUT2D eigenvalue weighted by atomic mass is 32.1. The maximum atomic E-state index is 12.2. The van der Waals surface area contributed by atoms with E-state index in [1.165, 1.54) is 24.0 Å². The molecule has 3 aromatic rings. The molecule has 1 amide bonds. The molecule has 4 rings (SSSR count). The van der Waals surface area contributed by atoms with Gasteiger partial charge >= 0.3 is 0 Å².